The molecule has 0 bridgehead atoms. The summed E-state index contributed by atoms with van der Waals surface area (Å²) in [6, 6.07) is 4.00. The molecular formula is C24H34N4O2. The molecule has 162 valence electrons. The van der Waals surface area contributed by atoms with Crippen molar-refractivity contribution in [1.29, 1.82) is 0 Å². The van der Waals surface area contributed by atoms with Crippen LogP contribution in [0.1, 0.15) is 76.7 Å². The van der Waals surface area contributed by atoms with Crippen LogP contribution >= 0.6 is 0 Å². The third-order valence-electron chi connectivity index (χ3n) is 7.68. The molecule has 0 radical (unpaired) electrons. The van der Waals surface area contributed by atoms with Gasteiger partial charge in [-0.1, -0.05) is 38.5 Å². The summed E-state index contributed by atoms with van der Waals surface area (Å²) in [5.74, 6) is 1.09. The maximum atomic E-state index is 13.5. The van der Waals surface area contributed by atoms with E-state index in [-0.39, 0.29) is 17.6 Å². The van der Waals surface area contributed by atoms with Crippen LogP contribution in [0.4, 0.5) is 0 Å². The Morgan fingerprint density at radius 3 is 2.50 bits per heavy atom. The first-order valence-corrected chi connectivity index (χ1v) is 12.1. The monoisotopic (exact) mass is 410 g/mol. The molecule has 3 heterocycles. The van der Waals surface area contributed by atoms with Gasteiger partial charge < -0.3 is 4.90 Å². The number of imidazole rings is 1. The minimum Gasteiger partial charge on any atom is -0.340 e. The largest absolute Gasteiger partial charge is 0.340 e. The number of amides is 1. The number of carbonyl (C=O) groups excluding carboxylic acids is 1. The van der Waals surface area contributed by atoms with Gasteiger partial charge in [-0.2, -0.15) is 0 Å². The third-order valence-corrected chi connectivity index (χ3v) is 7.68. The highest BCUT2D eigenvalue weighted by molar-refractivity contribution is 5.79. The number of hydrogen-bond acceptors (Lipinski definition) is 3. The van der Waals surface area contributed by atoms with E-state index in [9.17, 15) is 9.59 Å². The van der Waals surface area contributed by atoms with E-state index < -0.39 is 0 Å². The van der Waals surface area contributed by atoms with E-state index in [4.69, 9.17) is 0 Å². The predicted molar refractivity (Wildman–Crippen MR) is 117 cm³/mol. The minimum atomic E-state index is 0.0371. The van der Waals surface area contributed by atoms with Crippen molar-refractivity contribution >= 4 is 17.1 Å². The molecule has 1 amide bonds. The van der Waals surface area contributed by atoms with Gasteiger partial charge in [-0.3, -0.25) is 13.9 Å². The number of aromatic nitrogens is 3. The van der Waals surface area contributed by atoms with Crippen molar-refractivity contribution in [3.63, 3.8) is 0 Å². The Bertz CT molecular complexity index is 950. The van der Waals surface area contributed by atoms with E-state index in [0.29, 0.717) is 18.4 Å². The van der Waals surface area contributed by atoms with Gasteiger partial charge in [-0.05, 0) is 50.2 Å². The van der Waals surface area contributed by atoms with Crippen molar-refractivity contribution in [3.8, 4) is 0 Å². The van der Waals surface area contributed by atoms with Crippen LogP contribution in [0.25, 0.3) is 11.2 Å². The maximum Gasteiger partial charge on any atom is 0.330 e. The first-order valence-electron chi connectivity index (χ1n) is 12.1. The number of rotatable bonds is 4. The number of likely N-dealkylation sites (tertiary alicyclic amines) is 1. The van der Waals surface area contributed by atoms with Crippen LogP contribution in [0.5, 0.6) is 0 Å². The summed E-state index contributed by atoms with van der Waals surface area (Å²) in [7, 11) is 0. The van der Waals surface area contributed by atoms with Crippen molar-refractivity contribution < 1.29 is 4.79 Å². The Morgan fingerprint density at radius 1 is 1.00 bits per heavy atom. The summed E-state index contributed by atoms with van der Waals surface area (Å²) < 4.78 is 3.86. The number of pyridine rings is 1. The fraction of sp³-hybridized carbons (Fsp3) is 0.708. The molecular weight excluding hydrogens is 376 g/mol. The molecule has 0 aromatic carbocycles. The zero-order chi connectivity index (χ0) is 20.5. The molecule has 0 N–H and O–H groups in total. The molecule has 1 atom stereocenters. The van der Waals surface area contributed by atoms with Gasteiger partial charge in [0.25, 0.3) is 0 Å². The van der Waals surface area contributed by atoms with Gasteiger partial charge in [0.2, 0.25) is 5.91 Å². The molecule has 0 spiro atoms. The number of carbonyl (C=O) groups is 1. The van der Waals surface area contributed by atoms with Crippen LogP contribution in [0.15, 0.2) is 23.1 Å². The molecule has 3 aliphatic rings. The summed E-state index contributed by atoms with van der Waals surface area (Å²) in [6.07, 6.45) is 14.6. The van der Waals surface area contributed by atoms with E-state index in [0.717, 1.165) is 43.5 Å². The molecule has 3 fully saturated rings. The third kappa shape index (κ3) is 3.69. The lowest BCUT2D eigenvalue weighted by molar-refractivity contribution is -0.135. The Labute approximate surface area is 178 Å². The SMILES string of the molecule is O=C(C1CCCCC1)N1CC[C@@H](n2c(=O)n(CC3CCCCC3)c3cccnc32)C1. The number of hydrogen-bond donors (Lipinski definition) is 0. The van der Waals surface area contributed by atoms with E-state index in [1.165, 1.54) is 51.4 Å². The minimum absolute atomic E-state index is 0.0371. The normalized spacial score (nSPS) is 24.0. The van der Waals surface area contributed by atoms with E-state index >= 15 is 0 Å². The highest BCUT2D eigenvalue weighted by atomic mass is 16.2. The van der Waals surface area contributed by atoms with E-state index in [1.54, 1.807) is 6.20 Å². The highest BCUT2D eigenvalue weighted by Gasteiger charge is 2.34. The van der Waals surface area contributed by atoms with Crippen molar-refractivity contribution in [2.45, 2.75) is 83.2 Å². The molecule has 6 heteroatoms. The fourth-order valence-corrected chi connectivity index (χ4v) is 6.00. The van der Waals surface area contributed by atoms with Gasteiger partial charge in [0.05, 0.1) is 11.6 Å². The first-order chi connectivity index (χ1) is 14.7. The Morgan fingerprint density at radius 2 is 1.73 bits per heavy atom. The van der Waals surface area contributed by atoms with Crippen molar-refractivity contribution in [2.75, 3.05) is 13.1 Å². The summed E-state index contributed by atoms with van der Waals surface area (Å²) >= 11 is 0. The van der Waals surface area contributed by atoms with Gasteiger partial charge >= 0.3 is 5.69 Å². The summed E-state index contributed by atoms with van der Waals surface area (Å²) in [5.41, 5.74) is 1.80. The molecule has 30 heavy (non-hydrogen) atoms. The van der Waals surface area contributed by atoms with Gasteiger partial charge in [0, 0.05) is 31.7 Å². The van der Waals surface area contributed by atoms with Crippen molar-refractivity contribution in [2.24, 2.45) is 11.8 Å². The zero-order valence-electron chi connectivity index (χ0n) is 18.0. The second-order valence-corrected chi connectivity index (χ2v) is 9.68. The first kappa shape index (κ1) is 19.8. The average Bonchev–Trinajstić information content (AvgIpc) is 3.38. The van der Waals surface area contributed by atoms with Gasteiger partial charge in [0.15, 0.2) is 5.65 Å². The average molecular weight is 411 g/mol. The summed E-state index contributed by atoms with van der Waals surface area (Å²) in [5, 5.41) is 0. The lowest BCUT2D eigenvalue weighted by Gasteiger charge is -2.26. The quantitative estimate of drug-likeness (QED) is 0.761. The Kier molecular flexibility index (Phi) is 5.66. The van der Waals surface area contributed by atoms with Crippen molar-refractivity contribution in [3.05, 3.63) is 28.8 Å². The van der Waals surface area contributed by atoms with Gasteiger partial charge in [-0.15, -0.1) is 0 Å². The predicted octanol–water partition coefficient (Wildman–Crippen LogP) is 4.13. The molecule has 2 saturated carbocycles. The van der Waals surface area contributed by atoms with Crippen LogP contribution in [-0.2, 0) is 11.3 Å². The smallest absolute Gasteiger partial charge is 0.330 e. The van der Waals surface area contributed by atoms with Crippen LogP contribution in [0, 0.1) is 11.8 Å². The van der Waals surface area contributed by atoms with Crippen LogP contribution in [-0.4, -0.2) is 38.0 Å². The molecule has 2 aliphatic carbocycles. The lowest BCUT2D eigenvalue weighted by atomic mass is 9.88. The second-order valence-electron chi connectivity index (χ2n) is 9.68. The molecule has 2 aromatic heterocycles. The van der Waals surface area contributed by atoms with Crippen LogP contribution < -0.4 is 5.69 Å². The number of fused-ring (bicyclic) bond motifs is 1. The highest BCUT2D eigenvalue weighted by Crippen LogP contribution is 2.31. The molecule has 2 aromatic rings. The van der Waals surface area contributed by atoms with Gasteiger partial charge in [0.1, 0.15) is 0 Å². The van der Waals surface area contributed by atoms with Crippen LogP contribution in [0.2, 0.25) is 0 Å². The van der Waals surface area contributed by atoms with Crippen molar-refractivity contribution in [1.82, 2.24) is 19.0 Å². The second kappa shape index (κ2) is 8.56. The zero-order valence-corrected chi connectivity index (χ0v) is 18.0. The standard InChI is InChI=1S/C24H34N4O2/c29-23(19-10-5-2-6-11-19)26-15-13-20(17-26)28-22-21(12-7-14-25-22)27(24(28)30)16-18-8-3-1-4-9-18/h7,12,14,18-20H,1-6,8-11,13,15-17H2/t20-/m1/s1. The Balaban J connectivity index is 1.40. The topological polar surface area (TPSA) is 60.1 Å². The molecule has 1 aliphatic heterocycles. The summed E-state index contributed by atoms with van der Waals surface area (Å²) in [4.78, 5) is 33.1. The molecule has 6 nitrogen and oxygen atoms in total. The Hall–Kier alpha value is -2.11. The number of nitrogens with zero attached hydrogens (tertiary/aromatic N) is 4. The molecule has 5 rings (SSSR count). The van der Waals surface area contributed by atoms with Crippen LogP contribution in [0.3, 0.4) is 0 Å². The molecule has 1 saturated heterocycles. The fourth-order valence-electron chi connectivity index (χ4n) is 6.00. The van der Waals surface area contributed by atoms with E-state index in [2.05, 4.69) is 4.98 Å². The maximum absolute atomic E-state index is 13.5. The summed E-state index contributed by atoms with van der Waals surface area (Å²) in [6.45, 7) is 2.20. The molecule has 0 unspecified atom stereocenters. The van der Waals surface area contributed by atoms with Gasteiger partial charge in [-0.25, -0.2) is 9.78 Å². The van der Waals surface area contributed by atoms with E-state index in [1.807, 2.05) is 26.2 Å². The lowest BCUT2D eigenvalue weighted by Crippen LogP contribution is -2.36.